The van der Waals surface area contributed by atoms with Crippen molar-refractivity contribution < 1.29 is 4.42 Å². The number of rotatable bonds is 5. The smallest absolute Gasteiger partial charge is 0.122 e. The molecule has 82 valence electrons. The zero-order chi connectivity index (χ0) is 11.1. The highest BCUT2D eigenvalue weighted by Gasteiger charge is 2.12. The first kappa shape index (κ1) is 11.9. The van der Waals surface area contributed by atoms with E-state index in [4.69, 9.17) is 4.42 Å². The molecule has 0 fully saturated rings. The highest BCUT2D eigenvalue weighted by molar-refractivity contribution is 5.12. The normalized spacial score (nSPS) is 11.9. The van der Waals surface area contributed by atoms with Gasteiger partial charge in [0.15, 0.2) is 0 Å². The lowest BCUT2D eigenvalue weighted by molar-refractivity contribution is 0.404. The quantitative estimate of drug-likeness (QED) is 0.747. The van der Waals surface area contributed by atoms with E-state index >= 15 is 0 Å². The van der Waals surface area contributed by atoms with Crippen molar-refractivity contribution in [1.29, 1.82) is 0 Å². The van der Waals surface area contributed by atoms with Crippen LogP contribution in [-0.4, -0.2) is 6.54 Å². The lowest BCUT2D eigenvalue weighted by Gasteiger charge is -2.12. The van der Waals surface area contributed by atoms with Gasteiger partial charge in [-0.2, -0.15) is 0 Å². The highest BCUT2D eigenvalue weighted by atomic mass is 16.3. The van der Waals surface area contributed by atoms with Crippen LogP contribution in [-0.2, 0) is 0 Å². The van der Waals surface area contributed by atoms with Gasteiger partial charge in [0.05, 0.1) is 6.04 Å². The van der Waals surface area contributed by atoms with Gasteiger partial charge < -0.3 is 9.73 Å². The summed E-state index contributed by atoms with van der Waals surface area (Å²) in [5.74, 6) is 7.96. The van der Waals surface area contributed by atoms with E-state index < -0.39 is 0 Å². The molecule has 0 bridgehead atoms. The van der Waals surface area contributed by atoms with Crippen molar-refractivity contribution in [3.8, 4) is 11.8 Å². The summed E-state index contributed by atoms with van der Waals surface area (Å²) in [6.07, 6.45) is 1.93. The number of nitrogens with one attached hydrogen (secondary N) is 1. The number of hydrogen-bond acceptors (Lipinski definition) is 2. The van der Waals surface area contributed by atoms with Crippen molar-refractivity contribution in [3.63, 3.8) is 0 Å². The number of hydrogen-bond donors (Lipinski definition) is 1. The van der Waals surface area contributed by atoms with Crippen LogP contribution in [0, 0.1) is 18.8 Å². The van der Waals surface area contributed by atoms with E-state index in [9.17, 15) is 0 Å². The monoisotopic (exact) mass is 205 g/mol. The minimum absolute atomic E-state index is 0.228. The highest BCUT2D eigenvalue weighted by Crippen LogP contribution is 2.18. The second-order valence-corrected chi connectivity index (χ2v) is 3.59. The minimum Gasteiger partial charge on any atom is -0.465 e. The average Bonchev–Trinajstić information content (AvgIpc) is 2.65. The van der Waals surface area contributed by atoms with Gasteiger partial charge in [-0.15, -0.1) is 11.8 Å². The van der Waals surface area contributed by atoms with E-state index in [1.807, 2.05) is 26.0 Å². The molecule has 1 rings (SSSR count). The van der Waals surface area contributed by atoms with Gasteiger partial charge in [0.25, 0.3) is 0 Å². The van der Waals surface area contributed by atoms with E-state index in [-0.39, 0.29) is 6.04 Å². The first-order valence-electron chi connectivity index (χ1n) is 5.47. The molecule has 2 heteroatoms. The molecule has 0 aromatic carbocycles. The van der Waals surface area contributed by atoms with E-state index in [0.29, 0.717) is 0 Å². The first-order valence-corrected chi connectivity index (χ1v) is 5.47. The molecule has 15 heavy (non-hydrogen) atoms. The lowest BCUT2D eigenvalue weighted by atomic mass is 10.1. The maximum atomic E-state index is 5.61. The van der Waals surface area contributed by atoms with Crippen LogP contribution in [0.15, 0.2) is 16.5 Å². The second kappa shape index (κ2) is 6.31. The molecule has 1 aromatic rings. The Hall–Kier alpha value is -1.20. The standard InChI is InChI=1S/C13H19NO/c1-4-6-7-12(14-10-5-2)13-9-8-11(3)15-13/h8-9,12,14H,5,7,10H2,1-3H3. The molecule has 0 saturated carbocycles. The maximum Gasteiger partial charge on any atom is 0.122 e. The molecule has 1 unspecified atom stereocenters. The van der Waals surface area contributed by atoms with Crippen LogP contribution in [0.3, 0.4) is 0 Å². The van der Waals surface area contributed by atoms with Crippen molar-refractivity contribution in [2.75, 3.05) is 6.54 Å². The van der Waals surface area contributed by atoms with Gasteiger partial charge >= 0.3 is 0 Å². The van der Waals surface area contributed by atoms with Crippen molar-refractivity contribution in [1.82, 2.24) is 5.32 Å². The van der Waals surface area contributed by atoms with Crippen LogP contribution < -0.4 is 5.32 Å². The topological polar surface area (TPSA) is 25.2 Å². The predicted octanol–water partition coefficient (Wildman–Crippen LogP) is 3.04. The predicted molar refractivity (Wildman–Crippen MR) is 62.5 cm³/mol. The van der Waals surface area contributed by atoms with Crippen molar-refractivity contribution in [2.24, 2.45) is 0 Å². The molecule has 0 radical (unpaired) electrons. The Labute approximate surface area is 92.1 Å². The summed E-state index contributed by atoms with van der Waals surface area (Å²) in [5.41, 5.74) is 0. The van der Waals surface area contributed by atoms with E-state index in [1.165, 1.54) is 0 Å². The van der Waals surface area contributed by atoms with Gasteiger partial charge in [0, 0.05) is 6.42 Å². The molecule has 2 nitrogen and oxygen atoms in total. The fraction of sp³-hybridized carbons (Fsp3) is 0.538. The third-order valence-corrected chi connectivity index (χ3v) is 2.23. The van der Waals surface area contributed by atoms with Gasteiger partial charge in [-0.3, -0.25) is 0 Å². The van der Waals surface area contributed by atoms with Gasteiger partial charge in [0.1, 0.15) is 11.5 Å². The van der Waals surface area contributed by atoms with Crippen LogP contribution in [0.1, 0.15) is 44.3 Å². The fourth-order valence-corrected chi connectivity index (χ4v) is 1.44. The summed E-state index contributed by atoms with van der Waals surface area (Å²) in [5, 5.41) is 3.44. The molecule has 0 amide bonds. The molecular weight excluding hydrogens is 186 g/mol. The Morgan fingerprint density at radius 2 is 2.27 bits per heavy atom. The summed E-state index contributed by atoms with van der Waals surface area (Å²) in [7, 11) is 0. The molecule has 1 heterocycles. The summed E-state index contributed by atoms with van der Waals surface area (Å²) in [6.45, 7) is 6.98. The van der Waals surface area contributed by atoms with Gasteiger partial charge in [-0.25, -0.2) is 0 Å². The summed E-state index contributed by atoms with van der Waals surface area (Å²) in [6, 6.07) is 4.25. The summed E-state index contributed by atoms with van der Waals surface area (Å²) < 4.78 is 5.61. The SMILES string of the molecule is CC#CCC(NCCC)c1ccc(C)o1. The Balaban J connectivity index is 2.65. The zero-order valence-electron chi connectivity index (χ0n) is 9.76. The number of aryl methyl sites for hydroxylation is 1. The molecule has 0 saturated heterocycles. The van der Waals surface area contributed by atoms with Crippen LogP contribution in [0.2, 0.25) is 0 Å². The van der Waals surface area contributed by atoms with Crippen molar-refractivity contribution >= 4 is 0 Å². The fourth-order valence-electron chi connectivity index (χ4n) is 1.44. The summed E-state index contributed by atoms with van der Waals surface area (Å²) >= 11 is 0. The largest absolute Gasteiger partial charge is 0.465 e. The van der Waals surface area contributed by atoms with Crippen LogP contribution in [0.5, 0.6) is 0 Å². The van der Waals surface area contributed by atoms with Crippen LogP contribution >= 0.6 is 0 Å². The molecular formula is C13H19NO. The van der Waals surface area contributed by atoms with Gasteiger partial charge in [0.2, 0.25) is 0 Å². The molecule has 0 aliphatic heterocycles. The maximum absolute atomic E-state index is 5.61. The van der Waals surface area contributed by atoms with E-state index in [2.05, 4.69) is 24.1 Å². The molecule has 1 aromatic heterocycles. The Morgan fingerprint density at radius 3 is 2.80 bits per heavy atom. The van der Waals surface area contributed by atoms with Gasteiger partial charge in [-0.05, 0) is 38.9 Å². The van der Waals surface area contributed by atoms with E-state index in [1.54, 1.807) is 0 Å². The Bertz CT molecular complexity index is 343. The third kappa shape index (κ3) is 3.81. The number of furan rings is 1. The molecule has 0 aliphatic rings. The molecule has 1 N–H and O–H groups in total. The van der Waals surface area contributed by atoms with Crippen molar-refractivity contribution in [3.05, 3.63) is 23.7 Å². The molecule has 0 aliphatic carbocycles. The minimum atomic E-state index is 0.228. The first-order chi connectivity index (χ1) is 7.27. The van der Waals surface area contributed by atoms with Gasteiger partial charge in [-0.1, -0.05) is 6.92 Å². The Morgan fingerprint density at radius 1 is 1.47 bits per heavy atom. The average molecular weight is 205 g/mol. The lowest BCUT2D eigenvalue weighted by Crippen LogP contribution is -2.21. The van der Waals surface area contributed by atoms with E-state index in [0.717, 1.165) is 30.9 Å². The molecule has 0 spiro atoms. The Kier molecular flexibility index (Phi) is 5.00. The third-order valence-electron chi connectivity index (χ3n) is 2.23. The van der Waals surface area contributed by atoms with Crippen LogP contribution in [0.4, 0.5) is 0 Å². The summed E-state index contributed by atoms with van der Waals surface area (Å²) in [4.78, 5) is 0. The zero-order valence-corrected chi connectivity index (χ0v) is 9.76. The van der Waals surface area contributed by atoms with Crippen LogP contribution in [0.25, 0.3) is 0 Å². The second-order valence-electron chi connectivity index (χ2n) is 3.59. The van der Waals surface area contributed by atoms with Crippen molar-refractivity contribution in [2.45, 2.75) is 39.7 Å². The molecule has 1 atom stereocenters.